The minimum absolute atomic E-state index is 0.227. The number of fused-ring (bicyclic) bond motifs is 2. The highest BCUT2D eigenvalue weighted by molar-refractivity contribution is 6.30. The molecule has 3 rings (SSSR count). The molecule has 1 saturated carbocycles. The summed E-state index contributed by atoms with van der Waals surface area (Å²) in [6, 6.07) is 6.49. The number of aryl methyl sites for hydroxylation is 1. The normalized spacial score (nSPS) is 29.7. The van der Waals surface area contributed by atoms with E-state index in [1.54, 1.807) is 5.56 Å². The number of rotatable bonds is 2. The summed E-state index contributed by atoms with van der Waals surface area (Å²) in [5.41, 5.74) is 3.77. The molecule has 0 saturated heterocycles. The zero-order valence-corrected chi connectivity index (χ0v) is 12.3. The van der Waals surface area contributed by atoms with Crippen LogP contribution in [0.15, 0.2) is 18.2 Å². The van der Waals surface area contributed by atoms with Crippen molar-refractivity contribution in [2.24, 2.45) is 5.92 Å². The first-order valence-corrected chi connectivity index (χ1v) is 7.32. The molecule has 1 aromatic rings. The smallest absolute Gasteiger partial charge is 0.0408 e. The average molecular weight is 264 g/mol. The van der Waals surface area contributed by atoms with Crippen molar-refractivity contribution in [3.63, 3.8) is 0 Å². The van der Waals surface area contributed by atoms with Crippen LogP contribution in [0.1, 0.15) is 44.7 Å². The molecular formula is C16H22ClN. The van der Waals surface area contributed by atoms with E-state index in [1.807, 2.05) is 0 Å². The van der Waals surface area contributed by atoms with Crippen LogP contribution in [-0.4, -0.2) is 12.1 Å². The van der Waals surface area contributed by atoms with Crippen molar-refractivity contribution in [1.82, 2.24) is 5.32 Å². The zero-order valence-electron chi connectivity index (χ0n) is 11.5. The molecule has 0 aromatic heterocycles. The quantitative estimate of drug-likeness (QED) is 0.853. The lowest BCUT2D eigenvalue weighted by atomic mass is 9.95. The van der Waals surface area contributed by atoms with Crippen molar-refractivity contribution in [3.05, 3.63) is 34.3 Å². The van der Waals surface area contributed by atoms with Gasteiger partial charge < -0.3 is 5.32 Å². The second kappa shape index (κ2) is 3.98. The first-order chi connectivity index (χ1) is 8.41. The van der Waals surface area contributed by atoms with Gasteiger partial charge in [0.2, 0.25) is 0 Å². The average Bonchev–Trinajstić information content (AvgIpc) is 2.86. The predicted octanol–water partition coefficient (Wildman–Crippen LogP) is 3.93. The minimum Gasteiger partial charge on any atom is -0.312 e. The molecule has 1 fully saturated rings. The van der Waals surface area contributed by atoms with Crippen LogP contribution in [0.3, 0.4) is 0 Å². The van der Waals surface area contributed by atoms with E-state index in [2.05, 4.69) is 44.3 Å². The maximum absolute atomic E-state index is 6.08. The van der Waals surface area contributed by atoms with Crippen molar-refractivity contribution < 1.29 is 0 Å². The van der Waals surface area contributed by atoms with Gasteiger partial charge in [-0.1, -0.05) is 17.7 Å². The van der Waals surface area contributed by atoms with E-state index in [1.165, 1.54) is 24.8 Å². The topological polar surface area (TPSA) is 12.0 Å². The van der Waals surface area contributed by atoms with Crippen LogP contribution in [0, 0.1) is 5.92 Å². The fraction of sp³-hybridized carbons (Fsp3) is 0.625. The molecule has 2 atom stereocenters. The molecule has 18 heavy (non-hydrogen) atoms. The Morgan fingerprint density at radius 1 is 1.39 bits per heavy atom. The maximum Gasteiger partial charge on any atom is 0.0408 e. The molecule has 98 valence electrons. The molecule has 0 aliphatic heterocycles. The van der Waals surface area contributed by atoms with Crippen molar-refractivity contribution in [1.29, 1.82) is 0 Å². The van der Waals surface area contributed by atoms with Crippen molar-refractivity contribution in [3.8, 4) is 0 Å². The summed E-state index contributed by atoms with van der Waals surface area (Å²) < 4.78 is 0. The second-order valence-electron chi connectivity index (χ2n) is 6.99. The van der Waals surface area contributed by atoms with Gasteiger partial charge >= 0.3 is 0 Å². The van der Waals surface area contributed by atoms with Gasteiger partial charge in [0.15, 0.2) is 0 Å². The van der Waals surface area contributed by atoms with Crippen LogP contribution in [0.5, 0.6) is 0 Å². The number of hydrogen-bond donors (Lipinski definition) is 1. The third-order valence-corrected chi connectivity index (χ3v) is 4.79. The Kier molecular flexibility index (Phi) is 2.76. The number of benzene rings is 1. The van der Waals surface area contributed by atoms with E-state index in [0.29, 0.717) is 5.41 Å². The van der Waals surface area contributed by atoms with Crippen LogP contribution in [0.25, 0.3) is 0 Å². The summed E-state index contributed by atoms with van der Waals surface area (Å²) in [4.78, 5) is 0. The van der Waals surface area contributed by atoms with Gasteiger partial charge in [0.05, 0.1) is 0 Å². The highest BCUT2D eigenvalue weighted by Crippen LogP contribution is 2.61. The highest BCUT2D eigenvalue weighted by atomic mass is 35.5. The molecular weight excluding hydrogens is 242 g/mol. The molecule has 2 heteroatoms. The highest BCUT2D eigenvalue weighted by Gasteiger charge is 2.57. The Balaban J connectivity index is 1.74. The van der Waals surface area contributed by atoms with Gasteiger partial charge in [-0.15, -0.1) is 0 Å². The number of halogens is 1. The monoisotopic (exact) mass is 263 g/mol. The molecule has 1 spiro atoms. The minimum atomic E-state index is 0.227. The molecule has 1 nitrogen and oxygen atoms in total. The van der Waals surface area contributed by atoms with Crippen molar-refractivity contribution in [2.45, 2.75) is 51.0 Å². The van der Waals surface area contributed by atoms with E-state index in [4.69, 9.17) is 11.6 Å². The van der Waals surface area contributed by atoms with E-state index in [-0.39, 0.29) is 5.54 Å². The summed E-state index contributed by atoms with van der Waals surface area (Å²) in [6.45, 7) is 7.87. The molecule has 0 bridgehead atoms. The molecule has 2 unspecified atom stereocenters. The van der Waals surface area contributed by atoms with E-state index < -0.39 is 0 Å². The summed E-state index contributed by atoms with van der Waals surface area (Å²) >= 11 is 6.08. The molecule has 0 radical (unpaired) electrons. The van der Waals surface area contributed by atoms with Crippen LogP contribution in [-0.2, 0) is 11.8 Å². The van der Waals surface area contributed by atoms with Crippen molar-refractivity contribution >= 4 is 11.6 Å². The molecule has 0 amide bonds. The molecule has 2 aliphatic carbocycles. The summed E-state index contributed by atoms with van der Waals surface area (Å²) in [5, 5.41) is 4.54. The third kappa shape index (κ3) is 2.08. The second-order valence-corrected chi connectivity index (χ2v) is 7.43. The fourth-order valence-electron chi connectivity index (χ4n) is 3.46. The van der Waals surface area contributed by atoms with Gasteiger partial charge in [0, 0.05) is 16.0 Å². The first kappa shape index (κ1) is 12.5. The fourth-order valence-corrected chi connectivity index (χ4v) is 3.66. The number of hydrogen-bond acceptors (Lipinski definition) is 1. The van der Waals surface area contributed by atoms with E-state index in [9.17, 15) is 0 Å². The lowest BCUT2D eigenvalue weighted by molar-refractivity contribution is 0.402. The molecule has 1 aromatic carbocycles. The Labute approximate surface area is 115 Å². The molecule has 2 aliphatic rings. The van der Waals surface area contributed by atoms with E-state index in [0.717, 1.165) is 17.5 Å². The van der Waals surface area contributed by atoms with Crippen LogP contribution < -0.4 is 5.32 Å². The van der Waals surface area contributed by atoms with Crippen LogP contribution in [0.4, 0.5) is 0 Å². The standard InChI is InChI=1S/C16H22ClN/c1-15(2,3)18-10-12-9-16(12)7-6-11-8-13(17)4-5-14(11)16/h4-5,8,12,18H,6-7,9-10H2,1-3H3. The Morgan fingerprint density at radius 2 is 2.17 bits per heavy atom. The van der Waals surface area contributed by atoms with Crippen LogP contribution >= 0.6 is 11.6 Å². The largest absolute Gasteiger partial charge is 0.312 e. The Bertz CT molecular complexity index is 474. The van der Waals surface area contributed by atoms with Crippen LogP contribution in [0.2, 0.25) is 5.02 Å². The SMILES string of the molecule is CC(C)(C)NCC1CC12CCc1cc(Cl)ccc12. The van der Waals surface area contributed by atoms with Gasteiger partial charge in [0.25, 0.3) is 0 Å². The Morgan fingerprint density at radius 3 is 2.89 bits per heavy atom. The third-order valence-electron chi connectivity index (χ3n) is 4.55. The lowest BCUT2D eigenvalue weighted by Crippen LogP contribution is -2.38. The lowest BCUT2D eigenvalue weighted by Gasteiger charge is -2.21. The predicted molar refractivity (Wildman–Crippen MR) is 77.3 cm³/mol. The van der Waals surface area contributed by atoms with E-state index >= 15 is 0 Å². The number of nitrogens with one attached hydrogen (secondary N) is 1. The van der Waals surface area contributed by atoms with Gasteiger partial charge in [-0.05, 0) is 75.8 Å². The molecule has 0 heterocycles. The summed E-state index contributed by atoms with van der Waals surface area (Å²) in [5.74, 6) is 0.819. The van der Waals surface area contributed by atoms with Gasteiger partial charge in [-0.3, -0.25) is 0 Å². The maximum atomic E-state index is 6.08. The molecule has 1 N–H and O–H groups in total. The van der Waals surface area contributed by atoms with Gasteiger partial charge in [-0.2, -0.15) is 0 Å². The van der Waals surface area contributed by atoms with Crippen molar-refractivity contribution in [2.75, 3.05) is 6.54 Å². The Hall–Kier alpha value is -0.530. The zero-order chi connectivity index (χ0) is 13.0. The summed E-state index contributed by atoms with van der Waals surface area (Å²) in [7, 11) is 0. The first-order valence-electron chi connectivity index (χ1n) is 6.95. The van der Waals surface area contributed by atoms with Gasteiger partial charge in [-0.25, -0.2) is 0 Å². The van der Waals surface area contributed by atoms with Gasteiger partial charge in [0.1, 0.15) is 0 Å². The summed E-state index contributed by atoms with van der Waals surface area (Å²) in [6.07, 6.45) is 3.88.